The summed E-state index contributed by atoms with van der Waals surface area (Å²) in [4.78, 5) is 23.7. The molecule has 0 amide bonds. The Morgan fingerprint density at radius 3 is 2.67 bits per heavy atom. The predicted molar refractivity (Wildman–Crippen MR) is 78.4 cm³/mol. The smallest absolute Gasteiger partial charge is 0.374 e. The molecule has 2 N–H and O–H groups in total. The molecule has 1 saturated carbocycles. The van der Waals surface area contributed by atoms with E-state index < -0.39 is 5.97 Å². The molecule has 2 aromatic heterocycles. The number of aromatic carboxylic acids is 1. The van der Waals surface area contributed by atoms with Gasteiger partial charge in [0.05, 0.1) is 0 Å². The summed E-state index contributed by atoms with van der Waals surface area (Å²) in [5.74, 6) is 0.599. The minimum Gasteiger partial charge on any atom is -0.475 e. The van der Waals surface area contributed by atoms with Crippen LogP contribution in [0.15, 0.2) is 0 Å². The molecule has 112 valence electrons. The molecule has 1 aliphatic rings. The molecule has 0 saturated heterocycles. The predicted octanol–water partition coefficient (Wildman–Crippen LogP) is 1.97. The summed E-state index contributed by atoms with van der Waals surface area (Å²) in [6.07, 6.45) is 3.68. The van der Waals surface area contributed by atoms with E-state index in [0.29, 0.717) is 17.4 Å². The fraction of sp³-hybridized carbons (Fsp3) is 0.571. The lowest BCUT2D eigenvalue weighted by Crippen LogP contribution is -2.31. The molecule has 2 heterocycles. The Morgan fingerprint density at radius 2 is 2.10 bits per heavy atom. The lowest BCUT2D eigenvalue weighted by molar-refractivity contribution is 0.0684. The van der Waals surface area contributed by atoms with E-state index in [0.717, 1.165) is 11.3 Å². The third kappa shape index (κ3) is 2.32. The van der Waals surface area contributed by atoms with Crippen molar-refractivity contribution >= 4 is 23.0 Å². The van der Waals surface area contributed by atoms with E-state index in [-0.39, 0.29) is 11.9 Å². The Kier molecular flexibility index (Phi) is 3.27. The first-order chi connectivity index (χ1) is 9.97. The molecule has 3 rings (SSSR count). The van der Waals surface area contributed by atoms with Crippen LogP contribution in [0.1, 0.15) is 42.6 Å². The molecule has 1 unspecified atom stereocenters. The average molecular weight is 289 g/mol. The van der Waals surface area contributed by atoms with Gasteiger partial charge in [0.15, 0.2) is 11.5 Å². The lowest BCUT2D eigenvalue weighted by atomic mass is 9.80. The highest BCUT2D eigenvalue weighted by molar-refractivity contribution is 5.90. The van der Waals surface area contributed by atoms with Crippen LogP contribution in [-0.2, 0) is 7.05 Å². The molecule has 0 bridgehead atoms. The van der Waals surface area contributed by atoms with Crippen molar-refractivity contribution in [1.82, 2.24) is 19.5 Å². The van der Waals surface area contributed by atoms with Gasteiger partial charge in [0.1, 0.15) is 11.3 Å². The highest BCUT2D eigenvalue weighted by Crippen LogP contribution is 2.32. The van der Waals surface area contributed by atoms with Crippen molar-refractivity contribution < 1.29 is 9.90 Å². The number of anilines is 1. The van der Waals surface area contributed by atoms with Crippen LogP contribution in [0.5, 0.6) is 0 Å². The SMILES string of the molecule is Cc1nc2nc(C(=O)O)nc(NC(C)C3CCC3)c2n1C. The second kappa shape index (κ2) is 4.98. The summed E-state index contributed by atoms with van der Waals surface area (Å²) in [5, 5.41) is 12.5. The Balaban J connectivity index is 2.06. The van der Waals surface area contributed by atoms with Crippen molar-refractivity contribution in [3.8, 4) is 0 Å². The Hall–Kier alpha value is -2.18. The second-order valence-corrected chi connectivity index (χ2v) is 5.72. The molecule has 21 heavy (non-hydrogen) atoms. The van der Waals surface area contributed by atoms with Gasteiger partial charge in [-0.15, -0.1) is 0 Å². The Bertz CT molecular complexity index is 705. The fourth-order valence-electron chi connectivity index (χ4n) is 2.69. The van der Waals surface area contributed by atoms with E-state index in [2.05, 4.69) is 27.2 Å². The van der Waals surface area contributed by atoms with Crippen molar-refractivity contribution in [2.75, 3.05) is 5.32 Å². The topological polar surface area (TPSA) is 92.9 Å². The van der Waals surface area contributed by atoms with Gasteiger partial charge < -0.3 is 15.0 Å². The van der Waals surface area contributed by atoms with Crippen molar-refractivity contribution in [3.63, 3.8) is 0 Å². The number of nitrogens with one attached hydrogen (secondary N) is 1. The minimum atomic E-state index is -1.14. The number of imidazole rings is 1. The molecule has 7 heteroatoms. The molecule has 0 radical (unpaired) electrons. The monoisotopic (exact) mass is 289 g/mol. The van der Waals surface area contributed by atoms with Crippen molar-refractivity contribution in [2.45, 2.75) is 39.2 Å². The number of rotatable bonds is 4. The zero-order valence-electron chi connectivity index (χ0n) is 12.4. The van der Waals surface area contributed by atoms with Gasteiger partial charge in [-0.3, -0.25) is 0 Å². The zero-order valence-corrected chi connectivity index (χ0v) is 12.4. The first-order valence-electron chi connectivity index (χ1n) is 7.18. The van der Waals surface area contributed by atoms with Crippen LogP contribution >= 0.6 is 0 Å². The Labute approximate surface area is 122 Å². The van der Waals surface area contributed by atoms with Gasteiger partial charge in [0, 0.05) is 13.1 Å². The molecular formula is C14H19N5O2. The fourth-order valence-corrected chi connectivity index (χ4v) is 2.69. The summed E-state index contributed by atoms with van der Waals surface area (Å²) in [6, 6.07) is 0.258. The second-order valence-electron chi connectivity index (χ2n) is 5.72. The van der Waals surface area contributed by atoms with Crippen LogP contribution in [0, 0.1) is 12.8 Å². The number of carbonyl (C=O) groups is 1. The standard InChI is InChI=1S/C14H19N5O2/c1-7(9-5-4-6-9)15-11-10-12(16-8(2)19(10)3)18-13(17-11)14(20)21/h7,9H,4-6H2,1-3H3,(H,20,21)(H,15,17,18). The molecule has 1 fully saturated rings. The van der Waals surface area contributed by atoms with Crippen LogP contribution in [-0.4, -0.2) is 36.6 Å². The van der Waals surface area contributed by atoms with Gasteiger partial charge in [0.2, 0.25) is 5.82 Å². The van der Waals surface area contributed by atoms with Crippen molar-refractivity contribution in [2.24, 2.45) is 13.0 Å². The van der Waals surface area contributed by atoms with Gasteiger partial charge in [-0.05, 0) is 32.6 Å². The van der Waals surface area contributed by atoms with E-state index in [9.17, 15) is 4.79 Å². The maximum absolute atomic E-state index is 11.2. The number of hydrogen-bond acceptors (Lipinski definition) is 5. The quantitative estimate of drug-likeness (QED) is 0.894. The van der Waals surface area contributed by atoms with E-state index in [1.807, 2.05) is 18.5 Å². The van der Waals surface area contributed by atoms with Crippen LogP contribution in [0.2, 0.25) is 0 Å². The molecule has 0 aliphatic heterocycles. The number of aryl methyl sites for hydroxylation is 2. The normalized spacial score (nSPS) is 16.7. The Morgan fingerprint density at radius 1 is 1.38 bits per heavy atom. The minimum absolute atomic E-state index is 0.219. The highest BCUT2D eigenvalue weighted by Gasteiger charge is 2.26. The first kappa shape index (κ1) is 13.8. The first-order valence-corrected chi connectivity index (χ1v) is 7.18. The molecule has 0 aromatic carbocycles. The van der Waals surface area contributed by atoms with Gasteiger partial charge in [-0.25, -0.2) is 19.7 Å². The van der Waals surface area contributed by atoms with Crippen molar-refractivity contribution in [3.05, 3.63) is 11.6 Å². The molecule has 1 aliphatic carbocycles. The molecule has 7 nitrogen and oxygen atoms in total. The number of aromatic nitrogens is 4. The molecular weight excluding hydrogens is 270 g/mol. The maximum atomic E-state index is 11.2. The molecule has 2 aromatic rings. The van der Waals surface area contributed by atoms with Gasteiger partial charge in [0.25, 0.3) is 0 Å². The number of carboxylic acid groups (broad SMARTS) is 1. The van der Waals surface area contributed by atoms with E-state index >= 15 is 0 Å². The van der Waals surface area contributed by atoms with Crippen LogP contribution in [0.3, 0.4) is 0 Å². The third-order valence-corrected chi connectivity index (χ3v) is 4.37. The lowest BCUT2D eigenvalue weighted by Gasteiger charge is -2.32. The highest BCUT2D eigenvalue weighted by atomic mass is 16.4. The van der Waals surface area contributed by atoms with E-state index in [4.69, 9.17) is 5.11 Å². The summed E-state index contributed by atoms with van der Waals surface area (Å²) >= 11 is 0. The van der Waals surface area contributed by atoms with Gasteiger partial charge in [-0.2, -0.15) is 0 Å². The number of fused-ring (bicyclic) bond motifs is 1. The van der Waals surface area contributed by atoms with E-state index in [1.165, 1.54) is 19.3 Å². The van der Waals surface area contributed by atoms with Crippen LogP contribution in [0.25, 0.3) is 11.2 Å². The number of nitrogens with zero attached hydrogens (tertiary/aromatic N) is 4. The van der Waals surface area contributed by atoms with Gasteiger partial charge >= 0.3 is 5.97 Å². The number of hydrogen-bond donors (Lipinski definition) is 2. The van der Waals surface area contributed by atoms with Crippen LogP contribution in [0.4, 0.5) is 5.82 Å². The summed E-state index contributed by atoms with van der Waals surface area (Å²) in [5.41, 5.74) is 1.18. The third-order valence-electron chi connectivity index (χ3n) is 4.37. The average Bonchev–Trinajstić information content (AvgIpc) is 2.62. The van der Waals surface area contributed by atoms with Crippen molar-refractivity contribution in [1.29, 1.82) is 0 Å². The zero-order chi connectivity index (χ0) is 15.1. The number of carboxylic acids is 1. The molecule has 0 spiro atoms. The largest absolute Gasteiger partial charge is 0.475 e. The van der Waals surface area contributed by atoms with Crippen LogP contribution < -0.4 is 5.32 Å². The van der Waals surface area contributed by atoms with E-state index in [1.54, 1.807) is 0 Å². The summed E-state index contributed by atoms with van der Waals surface area (Å²) in [6.45, 7) is 3.97. The molecule has 1 atom stereocenters. The maximum Gasteiger partial charge on any atom is 0.374 e. The summed E-state index contributed by atoms with van der Waals surface area (Å²) in [7, 11) is 1.88. The van der Waals surface area contributed by atoms with Gasteiger partial charge in [-0.1, -0.05) is 6.42 Å². The summed E-state index contributed by atoms with van der Waals surface area (Å²) < 4.78 is 1.89.